The SMILES string of the molecule is CCOC(=O)/C=C(\C)N[C@@H](CC(=O)OC)Cc1c(Cl)cccc1Cl. The maximum absolute atomic E-state index is 11.6. The molecule has 1 atom stereocenters. The molecule has 1 rings (SSSR count). The van der Waals surface area contributed by atoms with E-state index in [0.717, 1.165) is 5.56 Å². The van der Waals surface area contributed by atoms with E-state index in [4.69, 9.17) is 32.7 Å². The molecule has 24 heavy (non-hydrogen) atoms. The van der Waals surface area contributed by atoms with Gasteiger partial charge < -0.3 is 14.8 Å². The molecule has 0 aliphatic rings. The molecule has 0 aromatic heterocycles. The Labute approximate surface area is 151 Å². The smallest absolute Gasteiger partial charge is 0.332 e. The van der Waals surface area contributed by atoms with Gasteiger partial charge in [0.1, 0.15) is 0 Å². The highest BCUT2D eigenvalue weighted by Gasteiger charge is 2.18. The van der Waals surface area contributed by atoms with Gasteiger partial charge in [0, 0.05) is 27.9 Å². The van der Waals surface area contributed by atoms with Crippen molar-refractivity contribution >= 4 is 35.1 Å². The van der Waals surface area contributed by atoms with Gasteiger partial charge in [-0.1, -0.05) is 29.3 Å². The summed E-state index contributed by atoms with van der Waals surface area (Å²) in [5, 5.41) is 4.16. The fourth-order valence-electron chi connectivity index (χ4n) is 2.16. The molecule has 0 radical (unpaired) electrons. The summed E-state index contributed by atoms with van der Waals surface area (Å²) >= 11 is 12.4. The van der Waals surface area contributed by atoms with Crippen LogP contribution in [-0.2, 0) is 25.5 Å². The van der Waals surface area contributed by atoms with Crippen LogP contribution in [0.1, 0.15) is 25.8 Å². The number of esters is 2. The normalized spacial score (nSPS) is 12.5. The molecular weight excluding hydrogens is 353 g/mol. The van der Waals surface area contributed by atoms with Crippen molar-refractivity contribution in [3.05, 3.63) is 45.6 Å². The van der Waals surface area contributed by atoms with Crippen LogP contribution in [0.5, 0.6) is 0 Å². The maximum atomic E-state index is 11.6. The number of rotatable bonds is 8. The summed E-state index contributed by atoms with van der Waals surface area (Å²) in [4.78, 5) is 23.2. The van der Waals surface area contributed by atoms with Crippen molar-refractivity contribution in [2.24, 2.45) is 0 Å². The fraction of sp³-hybridized carbons (Fsp3) is 0.412. The summed E-state index contributed by atoms with van der Waals surface area (Å²) in [5.41, 5.74) is 1.30. The first-order chi connectivity index (χ1) is 11.4. The molecule has 0 saturated heterocycles. The Kier molecular flexibility index (Phi) is 8.65. The van der Waals surface area contributed by atoms with E-state index in [1.807, 2.05) is 0 Å². The number of allylic oxidation sites excluding steroid dienone is 1. The van der Waals surface area contributed by atoms with Crippen molar-refractivity contribution in [1.82, 2.24) is 5.32 Å². The van der Waals surface area contributed by atoms with Gasteiger partial charge in [-0.25, -0.2) is 4.79 Å². The number of hydrogen-bond donors (Lipinski definition) is 1. The zero-order valence-corrected chi connectivity index (χ0v) is 15.4. The Morgan fingerprint density at radius 2 is 1.92 bits per heavy atom. The van der Waals surface area contributed by atoms with E-state index in [2.05, 4.69) is 5.32 Å². The van der Waals surface area contributed by atoms with Crippen LogP contribution in [0.2, 0.25) is 10.0 Å². The highest BCUT2D eigenvalue weighted by Crippen LogP contribution is 2.26. The van der Waals surface area contributed by atoms with Crippen molar-refractivity contribution in [2.45, 2.75) is 32.7 Å². The lowest BCUT2D eigenvalue weighted by Crippen LogP contribution is -2.33. The van der Waals surface area contributed by atoms with Crippen LogP contribution >= 0.6 is 23.2 Å². The minimum Gasteiger partial charge on any atom is -0.469 e. The van der Waals surface area contributed by atoms with Gasteiger partial charge in [0.2, 0.25) is 0 Å². The lowest BCUT2D eigenvalue weighted by molar-refractivity contribution is -0.141. The predicted octanol–water partition coefficient (Wildman–Crippen LogP) is 3.52. The molecule has 0 saturated carbocycles. The standard InChI is InChI=1S/C17H21Cl2NO4/c1-4-24-17(22)8-11(2)20-12(10-16(21)23-3)9-13-14(18)6-5-7-15(13)19/h5-8,12,20H,4,9-10H2,1-3H3/b11-8+/t12-/m1/s1. The van der Waals surface area contributed by atoms with Crippen molar-refractivity contribution in [2.75, 3.05) is 13.7 Å². The maximum Gasteiger partial charge on any atom is 0.332 e. The summed E-state index contributed by atoms with van der Waals surface area (Å²) in [7, 11) is 1.32. The summed E-state index contributed by atoms with van der Waals surface area (Å²) < 4.78 is 9.59. The van der Waals surface area contributed by atoms with Gasteiger partial charge in [0.25, 0.3) is 0 Å². The highest BCUT2D eigenvalue weighted by molar-refractivity contribution is 6.36. The summed E-state index contributed by atoms with van der Waals surface area (Å²) in [6.45, 7) is 3.74. The Balaban J connectivity index is 2.92. The molecular formula is C17H21Cl2NO4. The number of benzene rings is 1. The minimum atomic E-state index is -0.449. The first-order valence-electron chi connectivity index (χ1n) is 7.48. The molecule has 0 unspecified atom stereocenters. The number of halogens is 2. The van der Waals surface area contributed by atoms with E-state index in [0.29, 0.717) is 28.8 Å². The first kappa shape index (κ1) is 20.3. The highest BCUT2D eigenvalue weighted by atomic mass is 35.5. The van der Waals surface area contributed by atoms with Gasteiger partial charge >= 0.3 is 11.9 Å². The fourth-order valence-corrected chi connectivity index (χ4v) is 2.71. The molecule has 1 N–H and O–H groups in total. The Hall–Kier alpha value is -1.72. The second-order valence-electron chi connectivity index (χ2n) is 5.11. The molecule has 0 bridgehead atoms. The van der Waals surface area contributed by atoms with Crippen LogP contribution in [-0.4, -0.2) is 31.7 Å². The molecule has 0 aliphatic heterocycles. The number of carbonyl (C=O) groups excluding carboxylic acids is 2. The number of hydrogen-bond acceptors (Lipinski definition) is 5. The second-order valence-corrected chi connectivity index (χ2v) is 5.92. The van der Waals surface area contributed by atoms with Crippen LogP contribution in [0.15, 0.2) is 30.0 Å². The van der Waals surface area contributed by atoms with Crippen LogP contribution < -0.4 is 5.32 Å². The Morgan fingerprint density at radius 1 is 1.29 bits per heavy atom. The lowest BCUT2D eigenvalue weighted by Gasteiger charge is -2.20. The molecule has 0 aliphatic carbocycles. The van der Waals surface area contributed by atoms with Gasteiger partial charge in [-0.3, -0.25) is 4.79 Å². The van der Waals surface area contributed by atoms with Crippen molar-refractivity contribution in [3.63, 3.8) is 0 Å². The van der Waals surface area contributed by atoms with E-state index in [-0.39, 0.29) is 18.4 Å². The first-order valence-corrected chi connectivity index (χ1v) is 8.24. The van der Waals surface area contributed by atoms with Gasteiger partial charge in [-0.05, 0) is 38.0 Å². The van der Waals surface area contributed by atoms with Gasteiger partial charge in [0.15, 0.2) is 0 Å². The Bertz CT molecular complexity index is 596. The number of nitrogens with one attached hydrogen (secondary N) is 1. The summed E-state index contributed by atoms with van der Waals surface area (Å²) in [5.74, 6) is -0.824. The molecule has 7 heteroatoms. The van der Waals surface area contributed by atoms with E-state index < -0.39 is 5.97 Å². The monoisotopic (exact) mass is 373 g/mol. The van der Waals surface area contributed by atoms with Crippen LogP contribution in [0.3, 0.4) is 0 Å². The molecule has 1 aromatic carbocycles. The quantitative estimate of drug-likeness (QED) is 0.557. The third-order valence-corrected chi connectivity index (χ3v) is 3.91. The van der Waals surface area contributed by atoms with E-state index in [1.165, 1.54) is 13.2 Å². The molecule has 0 heterocycles. The topological polar surface area (TPSA) is 64.6 Å². The molecule has 1 aromatic rings. The van der Waals surface area contributed by atoms with E-state index in [9.17, 15) is 9.59 Å². The van der Waals surface area contributed by atoms with E-state index >= 15 is 0 Å². The van der Waals surface area contributed by atoms with Crippen molar-refractivity contribution < 1.29 is 19.1 Å². The van der Waals surface area contributed by atoms with Crippen molar-refractivity contribution in [1.29, 1.82) is 0 Å². The Morgan fingerprint density at radius 3 is 2.46 bits per heavy atom. The van der Waals surface area contributed by atoms with Crippen LogP contribution in [0, 0.1) is 0 Å². The van der Waals surface area contributed by atoms with Gasteiger partial charge in [-0.15, -0.1) is 0 Å². The largest absolute Gasteiger partial charge is 0.469 e. The average molecular weight is 374 g/mol. The molecule has 5 nitrogen and oxygen atoms in total. The van der Waals surface area contributed by atoms with Crippen molar-refractivity contribution in [3.8, 4) is 0 Å². The third kappa shape index (κ3) is 6.81. The zero-order chi connectivity index (χ0) is 18.1. The predicted molar refractivity (Wildman–Crippen MR) is 94.1 cm³/mol. The van der Waals surface area contributed by atoms with Crippen LogP contribution in [0.25, 0.3) is 0 Å². The summed E-state index contributed by atoms with van der Waals surface area (Å²) in [6.07, 6.45) is 1.84. The third-order valence-electron chi connectivity index (χ3n) is 3.21. The molecule has 0 fully saturated rings. The molecule has 0 amide bonds. The minimum absolute atomic E-state index is 0.103. The lowest BCUT2D eigenvalue weighted by atomic mass is 10.0. The number of methoxy groups -OCH3 is 1. The zero-order valence-electron chi connectivity index (χ0n) is 13.9. The number of carbonyl (C=O) groups is 2. The number of ether oxygens (including phenoxy) is 2. The summed E-state index contributed by atoms with van der Waals surface area (Å²) in [6, 6.07) is 4.89. The molecule has 0 spiro atoms. The molecule has 132 valence electrons. The van der Waals surface area contributed by atoms with Gasteiger partial charge in [-0.2, -0.15) is 0 Å². The second kappa shape index (κ2) is 10.2. The average Bonchev–Trinajstić information content (AvgIpc) is 2.50. The van der Waals surface area contributed by atoms with Gasteiger partial charge in [0.05, 0.1) is 20.1 Å². The van der Waals surface area contributed by atoms with Crippen LogP contribution in [0.4, 0.5) is 0 Å². The van der Waals surface area contributed by atoms with E-state index in [1.54, 1.807) is 32.0 Å².